The zero-order valence-corrected chi connectivity index (χ0v) is 24.6. The molecule has 1 heterocycles. The molecular weight excluding hydrogens is 665 g/mol. The highest BCUT2D eigenvalue weighted by atomic mass is 19.4. The van der Waals surface area contributed by atoms with Crippen molar-refractivity contribution >= 4 is 0 Å². The summed E-state index contributed by atoms with van der Waals surface area (Å²) in [4.78, 5) is 0. The van der Waals surface area contributed by atoms with Crippen LogP contribution in [0.1, 0.15) is 36.3 Å². The van der Waals surface area contributed by atoms with Crippen LogP contribution in [0, 0.1) is 40.8 Å². The molecule has 1 fully saturated rings. The smallest absolute Gasteiger partial charge is 0.429 e. The lowest BCUT2D eigenvalue weighted by Gasteiger charge is -2.28. The van der Waals surface area contributed by atoms with Crippen molar-refractivity contribution in [2.75, 3.05) is 13.2 Å². The molecule has 1 saturated heterocycles. The van der Waals surface area contributed by atoms with Crippen LogP contribution in [0.4, 0.5) is 48.3 Å². The number of allylic oxidation sites excluding steroid dienone is 1. The van der Waals surface area contributed by atoms with E-state index in [1.165, 1.54) is 0 Å². The fourth-order valence-corrected chi connectivity index (χ4v) is 5.07. The number of hydrogen-bond donors (Lipinski definition) is 0. The predicted octanol–water partition coefficient (Wildman–Crippen LogP) is 10.6. The molecule has 3 nitrogen and oxygen atoms in total. The number of ether oxygens (including phenoxy) is 3. The quantitative estimate of drug-likeness (QED) is 0.136. The first kappa shape index (κ1) is 34.9. The van der Waals surface area contributed by atoms with Crippen molar-refractivity contribution in [1.82, 2.24) is 0 Å². The normalized spacial score (nSPS) is 17.2. The zero-order chi connectivity index (χ0) is 35.0. The average molecular weight is 689 g/mol. The van der Waals surface area contributed by atoms with E-state index in [1.807, 2.05) is 19.1 Å². The fourth-order valence-electron chi connectivity index (χ4n) is 5.07. The molecule has 1 aliphatic heterocycles. The van der Waals surface area contributed by atoms with Crippen LogP contribution in [0.15, 0.2) is 72.8 Å². The molecule has 4 aromatic carbocycles. The van der Waals surface area contributed by atoms with E-state index < -0.39 is 81.5 Å². The van der Waals surface area contributed by atoms with Gasteiger partial charge in [-0.05, 0) is 60.0 Å². The Balaban J connectivity index is 1.33. The van der Waals surface area contributed by atoms with Gasteiger partial charge in [0.05, 0.1) is 13.2 Å². The van der Waals surface area contributed by atoms with Crippen LogP contribution in [-0.4, -0.2) is 13.2 Å². The van der Waals surface area contributed by atoms with Crippen LogP contribution in [0.5, 0.6) is 5.75 Å². The van der Waals surface area contributed by atoms with E-state index in [2.05, 4.69) is 4.74 Å². The lowest BCUT2D eigenvalue weighted by atomic mass is 9.98. The van der Waals surface area contributed by atoms with Gasteiger partial charge in [-0.25, -0.2) is 26.3 Å². The van der Waals surface area contributed by atoms with Crippen LogP contribution in [0.3, 0.4) is 0 Å². The second-order valence-corrected chi connectivity index (χ2v) is 10.7. The Morgan fingerprint density at radius 1 is 0.667 bits per heavy atom. The Kier molecular flexibility index (Phi) is 9.88. The van der Waals surface area contributed by atoms with Gasteiger partial charge >= 0.3 is 12.3 Å². The van der Waals surface area contributed by atoms with E-state index >= 15 is 13.2 Å². The Hall–Kier alpha value is -4.43. The number of benzene rings is 4. The van der Waals surface area contributed by atoms with Crippen molar-refractivity contribution in [2.45, 2.75) is 31.9 Å². The first-order valence-corrected chi connectivity index (χ1v) is 14.2. The molecule has 0 N–H and O–H groups in total. The van der Waals surface area contributed by atoms with E-state index in [4.69, 9.17) is 9.47 Å². The lowest BCUT2D eigenvalue weighted by molar-refractivity contribution is -0.198. The summed E-state index contributed by atoms with van der Waals surface area (Å²) in [6.07, 6.45) is -6.64. The molecule has 0 radical (unpaired) electrons. The Morgan fingerprint density at radius 2 is 1.19 bits per heavy atom. The molecule has 5 rings (SSSR count). The number of halogens is 11. The summed E-state index contributed by atoms with van der Waals surface area (Å²) >= 11 is 0. The molecule has 14 heteroatoms. The number of alkyl halides is 5. The van der Waals surface area contributed by atoms with Crippen molar-refractivity contribution in [2.24, 2.45) is 5.92 Å². The maximum absolute atomic E-state index is 15.0. The molecular formula is C34H23F11O3. The molecule has 0 atom stereocenters. The van der Waals surface area contributed by atoms with Crippen molar-refractivity contribution in [3.63, 3.8) is 0 Å². The van der Waals surface area contributed by atoms with Gasteiger partial charge in [0.1, 0.15) is 51.8 Å². The minimum Gasteiger partial charge on any atom is -0.429 e. The van der Waals surface area contributed by atoms with Crippen LogP contribution in [0.25, 0.3) is 22.3 Å². The second-order valence-electron chi connectivity index (χ2n) is 10.7. The maximum Gasteiger partial charge on any atom is 0.432 e. The second kappa shape index (κ2) is 13.6. The van der Waals surface area contributed by atoms with Crippen LogP contribution in [-0.2, 0) is 21.8 Å². The summed E-state index contributed by atoms with van der Waals surface area (Å²) in [6, 6.07) is 6.63. The Morgan fingerprint density at radius 3 is 1.73 bits per heavy atom. The van der Waals surface area contributed by atoms with Crippen LogP contribution >= 0.6 is 0 Å². The van der Waals surface area contributed by atoms with Gasteiger partial charge in [-0.15, -0.1) is 0 Å². The van der Waals surface area contributed by atoms with Gasteiger partial charge < -0.3 is 14.2 Å². The SMILES string of the molecule is CCC=CC1COC(c2cc(F)c(C(F)(F)Oc3ccc(-c4ccc(-c5cc(F)c(C(F)(F)F)c(F)c5)c(F)c4)c(F)c3)c(F)c2)OC1. The standard InChI is InChI=1S/C34H23F11O3/c1-2-3-4-17-15-46-32(47-16-17)20-12-28(39)31(29(40)13-20)34(44,45)48-21-6-8-22(25(36)14-21)18-5-7-23(24(35)9-18)19-10-26(37)30(27(38)11-19)33(41,42)43/h3-14,17,32H,2,15-16H2,1H3. The van der Waals surface area contributed by atoms with Gasteiger partial charge in [0.15, 0.2) is 6.29 Å². The van der Waals surface area contributed by atoms with Gasteiger partial charge in [-0.2, -0.15) is 22.0 Å². The molecule has 0 saturated carbocycles. The summed E-state index contributed by atoms with van der Waals surface area (Å²) in [7, 11) is 0. The maximum atomic E-state index is 15.0. The summed E-state index contributed by atoms with van der Waals surface area (Å²) < 4.78 is 172. The van der Waals surface area contributed by atoms with Gasteiger partial charge in [0.25, 0.3) is 0 Å². The molecule has 0 aromatic heterocycles. The molecule has 0 spiro atoms. The average Bonchev–Trinajstić information content (AvgIpc) is 2.98. The monoisotopic (exact) mass is 688 g/mol. The third kappa shape index (κ3) is 7.34. The van der Waals surface area contributed by atoms with Gasteiger partial charge in [0.2, 0.25) is 0 Å². The molecule has 1 aliphatic rings. The van der Waals surface area contributed by atoms with Crippen LogP contribution < -0.4 is 4.74 Å². The summed E-state index contributed by atoms with van der Waals surface area (Å²) in [5.74, 6) is -10.7. The van der Waals surface area contributed by atoms with Crippen molar-refractivity contribution in [3.8, 4) is 28.0 Å². The van der Waals surface area contributed by atoms with E-state index in [9.17, 15) is 35.1 Å². The fraction of sp³-hybridized carbons (Fsp3) is 0.235. The van der Waals surface area contributed by atoms with E-state index in [-0.39, 0.29) is 48.0 Å². The predicted molar refractivity (Wildman–Crippen MR) is 151 cm³/mol. The van der Waals surface area contributed by atoms with Crippen molar-refractivity contribution < 1.29 is 62.5 Å². The van der Waals surface area contributed by atoms with E-state index in [0.29, 0.717) is 24.3 Å². The first-order valence-electron chi connectivity index (χ1n) is 14.2. The Labute approximate surface area is 266 Å². The number of hydrogen-bond acceptors (Lipinski definition) is 3. The molecule has 4 aromatic rings. The highest BCUT2D eigenvalue weighted by Crippen LogP contribution is 2.40. The van der Waals surface area contributed by atoms with Gasteiger partial charge in [-0.1, -0.05) is 31.2 Å². The van der Waals surface area contributed by atoms with E-state index in [1.54, 1.807) is 0 Å². The van der Waals surface area contributed by atoms with E-state index in [0.717, 1.165) is 30.7 Å². The summed E-state index contributed by atoms with van der Waals surface area (Å²) in [5, 5.41) is 0. The van der Waals surface area contributed by atoms with Crippen molar-refractivity contribution in [1.29, 1.82) is 0 Å². The lowest BCUT2D eigenvalue weighted by Crippen LogP contribution is -2.28. The zero-order valence-electron chi connectivity index (χ0n) is 24.6. The molecule has 0 bridgehead atoms. The molecule has 0 unspecified atom stereocenters. The van der Waals surface area contributed by atoms with Crippen molar-refractivity contribution in [3.05, 3.63) is 124 Å². The third-order valence-corrected chi connectivity index (χ3v) is 7.30. The molecule has 0 amide bonds. The highest BCUT2D eigenvalue weighted by molar-refractivity contribution is 5.72. The first-order chi connectivity index (χ1) is 22.6. The minimum absolute atomic E-state index is 0.0948. The minimum atomic E-state index is -5.34. The third-order valence-electron chi connectivity index (χ3n) is 7.30. The van der Waals surface area contributed by atoms with Gasteiger partial charge in [0, 0.05) is 28.7 Å². The molecule has 48 heavy (non-hydrogen) atoms. The number of rotatable bonds is 8. The molecule has 254 valence electrons. The highest BCUT2D eigenvalue weighted by Gasteiger charge is 2.42. The largest absolute Gasteiger partial charge is 0.432 e. The summed E-state index contributed by atoms with van der Waals surface area (Å²) in [5.41, 5.74) is -5.77. The van der Waals surface area contributed by atoms with Gasteiger partial charge in [-0.3, -0.25) is 0 Å². The van der Waals surface area contributed by atoms with Crippen LogP contribution in [0.2, 0.25) is 0 Å². The topological polar surface area (TPSA) is 27.7 Å². The summed E-state index contributed by atoms with van der Waals surface area (Å²) in [6.45, 7) is 2.27. The molecule has 0 aliphatic carbocycles. The Bertz CT molecular complexity index is 1800.